The number of hydrogen-bond donors (Lipinski definition) is 1. The van der Waals surface area contributed by atoms with Gasteiger partial charge < -0.3 is 10.2 Å². The third kappa shape index (κ3) is 4.97. The Bertz CT molecular complexity index is 210. The Hall–Kier alpha value is -0.570. The lowest BCUT2D eigenvalue weighted by Crippen LogP contribution is -2.33. The van der Waals surface area contributed by atoms with Crippen LogP contribution in [0.3, 0.4) is 0 Å². The molecule has 94 valence electrons. The fraction of sp³-hybridized carbons (Fsp3) is 0.923. The Kier molecular flexibility index (Phi) is 5.81. The lowest BCUT2D eigenvalue weighted by atomic mass is 9.94. The van der Waals surface area contributed by atoms with Crippen molar-refractivity contribution in [2.24, 2.45) is 11.8 Å². The first-order valence-corrected chi connectivity index (χ1v) is 6.54. The summed E-state index contributed by atoms with van der Waals surface area (Å²) in [5.41, 5.74) is 0. The molecule has 1 fully saturated rings. The number of rotatable bonds is 5. The topological polar surface area (TPSA) is 32.3 Å². The molecule has 0 aliphatic carbocycles. The van der Waals surface area contributed by atoms with Gasteiger partial charge in [0.15, 0.2) is 0 Å². The van der Waals surface area contributed by atoms with E-state index in [1.54, 1.807) is 0 Å². The average molecular weight is 226 g/mol. The third-order valence-electron chi connectivity index (χ3n) is 3.23. The minimum atomic E-state index is 0.305. The Morgan fingerprint density at radius 2 is 2.25 bits per heavy atom. The van der Waals surface area contributed by atoms with Crippen molar-refractivity contribution >= 4 is 5.91 Å². The predicted octanol–water partition coefficient (Wildman–Crippen LogP) is 1.88. The van der Waals surface area contributed by atoms with E-state index in [1.165, 1.54) is 12.8 Å². The van der Waals surface area contributed by atoms with Crippen molar-refractivity contribution < 1.29 is 4.79 Å². The van der Waals surface area contributed by atoms with Crippen LogP contribution in [0.1, 0.15) is 39.5 Å². The zero-order valence-electron chi connectivity index (χ0n) is 11.0. The van der Waals surface area contributed by atoms with E-state index in [9.17, 15) is 4.79 Å². The van der Waals surface area contributed by atoms with Crippen molar-refractivity contribution in [2.75, 3.05) is 26.7 Å². The summed E-state index contributed by atoms with van der Waals surface area (Å²) in [6, 6.07) is 0. The smallest absolute Gasteiger partial charge is 0.222 e. The van der Waals surface area contributed by atoms with Gasteiger partial charge in [0, 0.05) is 20.0 Å². The van der Waals surface area contributed by atoms with E-state index in [0.29, 0.717) is 17.7 Å². The van der Waals surface area contributed by atoms with E-state index in [0.717, 1.165) is 32.5 Å². The Balaban J connectivity index is 2.17. The number of carbonyl (C=O) groups is 1. The third-order valence-corrected chi connectivity index (χ3v) is 3.23. The summed E-state index contributed by atoms with van der Waals surface area (Å²) in [6.45, 7) is 7.42. The van der Waals surface area contributed by atoms with Gasteiger partial charge in [0.2, 0.25) is 5.91 Å². The quantitative estimate of drug-likeness (QED) is 0.776. The molecule has 0 spiro atoms. The van der Waals surface area contributed by atoms with Gasteiger partial charge in [-0.3, -0.25) is 4.79 Å². The lowest BCUT2D eigenvalue weighted by Gasteiger charge is -2.24. The SMILES string of the molecule is CC(C)CN(C)C(=O)CCC1CCCNC1. The molecule has 0 radical (unpaired) electrons. The molecule has 1 unspecified atom stereocenters. The van der Waals surface area contributed by atoms with Gasteiger partial charge >= 0.3 is 0 Å². The van der Waals surface area contributed by atoms with Gasteiger partial charge in [0.05, 0.1) is 0 Å². The zero-order chi connectivity index (χ0) is 12.0. The second kappa shape index (κ2) is 6.89. The van der Waals surface area contributed by atoms with Crippen LogP contribution < -0.4 is 5.32 Å². The molecule has 1 aliphatic heterocycles. The van der Waals surface area contributed by atoms with Crippen molar-refractivity contribution in [3.63, 3.8) is 0 Å². The summed E-state index contributed by atoms with van der Waals surface area (Å²) in [6.07, 6.45) is 4.32. The molecule has 0 bridgehead atoms. The highest BCUT2D eigenvalue weighted by Crippen LogP contribution is 2.16. The first-order valence-electron chi connectivity index (χ1n) is 6.54. The normalized spacial score (nSPS) is 21.1. The Morgan fingerprint density at radius 3 is 2.81 bits per heavy atom. The van der Waals surface area contributed by atoms with Crippen molar-refractivity contribution in [2.45, 2.75) is 39.5 Å². The molecule has 1 aliphatic rings. The Morgan fingerprint density at radius 1 is 1.50 bits per heavy atom. The van der Waals surface area contributed by atoms with Crippen molar-refractivity contribution in [1.82, 2.24) is 10.2 Å². The minimum Gasteiger partial charge on any atom is -0.346 e. The van der Waals surface area contributed by atoms with Gasteiger partial charge in [0.25, 0.3) is 0 Å². The predicted molar refractivity (Wildman–Crippen MR) is 67.3 cm³/mol. The first kappa shape index (κ1) is 13.5. The van der Waals surface area contributed by atoms with Gasteiger partial charge in [0.1, 0.15) is 0 Å². The summed E-state index contributed by atoms with van der Waals surface area (Å²) < 4.78 is 0. The van der Waals surface area contributed by atoms with E-state index in [1.807, 2.05) is 11.9 Å². The standard InChI is InChI=1S/C13H26N2O/c1-11(2)10-15(3)13(16)7-6-12-5-4-8-14-9-12/h11-12,14H,4-10H2,1-3H3. The van der Waals surface area contributed by atoms with Crippen LogP contribution in [0, 0.1) is 11.8 Å². The number of carbonyl (C=O) groups excluding carboxylic acids is 1. The molecular weight excluding hydrogens is 200 g/mol. The van der Waals surface area contributed by atoms with Crippen LogP contribution in [0.25, 0.3) is 0 Å². The lowest BCUT2D eigenvalue weighted by molar-refractivity contribution is -0.130. The van der Waals surface area contributed by atoms with Crippen molar-refractivity contribution in [3.8, 4) is 0 Å². The molecule has 16 heavy (non-hydrogen) atoms. The maximum Gasteiger partial charge on any atom is 0.222 e. The van der Waals surface area contributed by atoms with Crippen LogP contribution in [0.2, 0.25) is 0 Å². The Labute approximate surface area is 99.6 Å². The molecule has 0 aromatic heterocycles. The molecule has 1 saturated heterocycles. The van der Waals surface area contributed by atoms with Crippen LogP contribution in [-0.4, -0.2) is 37.5 Å². The highest BCUT2D eigenvalue weighted by atomic mass is 16.2. The summed E-state index contributed by atoms with van der Waals surface area (Å²) in [5.74, 6) is 1.58. The van der Waals surface area contributed by atoms with Gasteiger partial charge in [-0.25, -0.2) is 0 Å². The number of nitrogens with zero attached hydrogens (tertiary/aromatic N) is 1. The summed E-state index contributed by atoms with van der Waals surface area (Å²) in [5, 5.41) is 3.40. The molecule has 3 nitrogen and oxygen atoms in total. The van der Waals surface area contributed by atoms with Gasteiger partial charge in [-0.1, -0.05) is 13.8 Å². The van der Waals surface area contributed by atoms with E-state index < -0.39 is 0 Å². The highest BCUT2D eigenvalue weighted by molar-refractivity contribution is 5.75. The highest BCUT2D eigenvalue weighted by Gasteiger charge is 2.16. The summed E-state index contributed by atoms with van der Waals surface area (Å²) in [4.78, 5) is 13.7. The van der Waals surface area contributed by atoms with Crippen LogP contribution in [0.4, 0.5) is 0 Å². The van der Waals surface area contributed by atoms with Gasteiger partial charge in [-0.2, -0.15) is 0 Å². The molecule has 1 rings (SSSR count). The van der Waals surface area contributed by atoms with Crippen molar-refractivity contribution in [3.05, 3.63) is 0 Å². The van der Waals surface area contributed by atoms with Crippen LogP contribution in [0.5, 0.6) is 0 Å². The molecule has 1 atom stereocenters. The van der Waals surface area contributed by atoms with E-state index in [4.69, 9.17) is 0 Å². The van der Waals surface area contributed by atoms with Crippen LogP contribution >= 0.6 is 0 Å². The molecule has 1 N–H and O–H groups in total. The van der Waals surface area contributed by atoms with Gasteiger partial charge in [-0.05, 0) is 44.2 Å². The van der Waals surface area contributed by atoms with Crippen LogP contribution in [-0.2, 0) is 4.79 Å². The second-order valence-corrected chi connectivity index (χ2v) is 5.42. The average Bonchev–Trinajstić information content (AvgIpc) is 2.26. The molecular formula is C13H26N2O. The largest absolute Gasteiger partial charge is 0.346 e. The maximum absolute atomic E-state index is 11.8. The molecule has 1 heterocycles. The molecule has 0 saturated carbocycles. The first-order chi connectivity index (χ1) is 7.59. The number of hydrogen-bond acceptors (Lipinski definition) is 2. The molecule has 0 aromatic rings. The molecule has 3 heteroatoms. The fourth-order valence-corrected chi connectivity index (χ4v) is 2.34. The van der Waals surface area contributed by atoms with Crippen LogP contribution in [0.15, 0.2) is 0 Å². The number of piperidine rings is 1. The molecule has 0 aromatic carbocycles. The summed E-state index contributed by atoms with van der Waals surface area (Å²) in [7, 11) is 1.92. The second-order valence-electron chi connectivity index (χ2n) is 5.42. The maximum atomic E-state index is 11.8. The minimum absolute atomic E-state index is 0.305. The van der Waals surface area contributed by atoms with E-state index in [2.05, 4.69) is 19.2 Å². The number of amides is 1. The monoisotopic (exact) mass is 226 g/mol. The van der Waals surface area contributed by atoms with E-state index in [-0.39, 0.29) is 0 Å². The summed E-state index contributed by atoms with van der Waals surface area (Å²) >= 11 is 0. The number of nitrogens with one attached hydrogen (secondary N) is 1. The van der Waals surface area contributed by atoms with Crippen molar-refractivity contribution in [1.29, 1.82) is 0 Å². The van der Waals surface area contributed by atoms with E-state index >= 15 is 0 Å². The fourth-order valence-electron chi connectivity index (χ4n) is 2.34. The van der Waals surface area contributed by atoms with Gasteiger partial charge in [-0.15, -0.1) is 0 Å². The molecule has 1 amide bonds. The zero-order valence-corrected chi connectivity index (χ0v) is 11.0.